The van der Waals surface area contributed by atoms with Crippen LogP contribution in [0.15, 0.2) is 18.2 Å². The lowest BCUT2D eigenvalue weighted by Crippen LogP contribution is -2.32. The summed E-state index contributed by atoms with van der Waals surface area (Å²) >= 11 is 0. The predicted molar refractivity (Wildman–Crippen MR) is 80.7 cm³/mol. The summed E-state index contributed by atoms with van der Waals surface area (Å²) in [6.07, 6.45) is 2.32. The molecule has 1 aromatic carbocycles. The van der Waals surface area contributed by atoms with Crippen molar-refractivity contribution in [1.29, 1.82) is 0 Å². The van der Waals surface area contributed by atoms with Gasteiger partial charge in [-0.2, -0.15) is 0 Å². The topological polar surface area (TPSA) is 24.5 Å². The maximum absolute atomic E-state index is 14.1. The Morgan fingerprint density at radius 2 is 2.30 bits per heavy atom. The van der Waals surface area contributed by atoms with Gasteiger partial charge in [-0.15, -0.1) is 0 Å². The van der Waals surface area contributed by atoms with Gasteiger partial charge in [0.1, 0.15) is 5.82 Å². The lowest BCUT2D eigenvalue weighted by Gasteiger charge is -2.30. The lowest BCUT2D eigenvalue weighted by atomic mass is 10.00. The van der Waals surface area contributed by atoms with Gasteiger partial charge in [0.25, 0.3) is 0 Å². The molecule has 0 aliphatic carbocycles. The average molecular weight is 280 g/mol. The van der Waals surface area contributed by atoms with Gasteiger partial charge in [-0.1, -0.05) is 6.07 Å². The molecule has 0 amide bonds. The number of halogens is 1. The Bertz CT molecular complexity index is 432. The van der Waals surface area contributed by atoms with Crippen LogP contribution >= 0.6 is 0 Å². The standard InChI is InChI=1S/C16H25FN2O/c1-12(18-2)16-14(17)7-4-8-15(16)19(3)10-13-6-5-9-20-11-13/h4,7-8,12-13,18H,5-6,9-11H2,1-3H3. The van der Waals surface area contributed by atoms with Crippen molar-refractivity contribution in [3.63, 3.8) is 0 Å². The molecule has 0 radical (unpaired) electrons. The molecule has 1 aromatic rings. The Morgan fingerprint density at radius 1 is 1.50 bits per heavy atom. The second-order valence-corrected chi connectivity index (χ2v) is 5.65. The van der Waals surface area contributed by atoms with Gasteiger partial charge in [-0.3, -0.25) is 0 Å². The number of nitrogens with zero attached hydrogens (tertiary/aromatic N) is 1. The minimum atomic E-state index is -0.143. The van der Waals surface area contributed by atoms with Crippen molar-refractivity contribution < 1.29 is 9.13 Å². The molecule has 1 aliphatic rings. The fourth-order valence-corrected chi connectivity index (χ4v) is 2.87. The minimum Gasteiger partial charge on any atom is -0.381 e. The number of anilines is 1. The molecule has 1 heterocycles. The summed E-state index contributed by atoms with van der Waals surface area (Å²) in [4.78, 5) is 2.16. The maximum Gasteiger partial charge on any atom is 0.130 e. The van der Waals surface area contributed by atoms with E-state index in [1.807, 2.05) is 27.1 Å². The van der Waals surface area contributed by atoms with Crippen molar-refractivity contribution in [2.24, 2.45) is 5.92 Å². The van der Waals surface area contributed by atoms with E-state index in [9.17, 15) is 4.39 Å². The number of hydrogen-bond acceptors (Lipinski definition) is 3. The third-order valence-electron chi connectivity index (χ3n) is 4.09. The molecular weight excluding hydrogens is 255 g/mol. The molecule has 1 N–H and O–H groups in total. The second kappa shape index (κ2) is 7.04. The van der Waals surface area contributed by atoms with Crippen molar-refractivity contribution >= 4 is 5.69 Å². The normalized spacial score (nSPS) is 20.7. The summed E-state index contributed by atoms with van der Waals surface area (Å²) in [5, 5.41) is 3.13. The Kier molecular flexibility index (Phi) is 5.38. The van der Waals surface area contributed by atoms with E-state index >= 15 is 0 Å². The van der Waals surface area contributed by atoms with Gasteiger partial charge in [0, 0.05) is 37.5 Å². The van der Waals surface area contributed by atoms with Crippen LogP contribution in [0.5, 0.6) is 0 Å². The molecule has 1 fully saturated rings. The van der Waals surface area contributed by atoms with E-state index in [0.717, 1.165) is 37.4 Å². The van der Waals surface area contributed by atoms with E-state index in [1.165, 1.54) is 12.5 Å². The molecule has 1 aliphatic heterocycles. The molecule has 3 nitrogen and oxygen atoms in total. The molecule has 20 heavy (non-hydrogen) atoms. The van der Waals surface area contributed by atoms with Gasteiger partial charge in [0.2, 0.25) is 0 Å². The predicted octanol–water partition coefficient (Wildman–Crippen LogP) is 2.97. The fourth-order valence-electron chi connectivity index (χ4n) is 2.87. The van der Waals surface area contributed by atoms with Crippen LogP contribution in [-0.2, 0) is 4.74 Å². The van der Waals surface area contributed by atoms with Crippen molar-refractivity contribution in [3.8, 4) is 0 Å². The van der Waals surface area contributed by atoms with Gasteiger partial charge in [-0.05, 0) is 44.9 Å². The van der Waals surface area contributed by atoms with Crippen molar-refractivity contribution in [1.82, 2.24) is 5.32 Å². The van der Waals surface area contributed by atoms with Gasteiger partial charge < -0.3 is 15.0 Å². The zero-order valence-corrected chi connectivity index (χ0v) is 12.7. The Labute approximate surface area is 121 Å². The summed E-state index contributed by atoms with van der Waals surface area (Å²) in [6.45, 7) is 4.59. The summed E-state index contributed by atoms with van der Waals surface area (Å²) in [6, 6.07) is 5.31. The molecular formula is C16H25FN2O. The van der Waals surface area contributed by atoms with E-state index in [2.05, 4.69) is 10.2 Å². The molecule has 0 saturated carbocycles. The van der Waals surface area contributed by atoms with Crippen LogP contribution < -0.4 is 10.2 Å². The zero-order chi connectivity index (χ0) is 14.5. The highest BCUT2D eigenvalue weighted by atomic mass is 19.1. The van der Waals surface area contributed by atoms with Crippen LogP contribution in [0.1, 0.15) is 31.4 Å². The summed E-state index contributed by atoms with van der Waals surface area (Å²) in [5.74, 6) is 0.394. The van der Waals surface area contributed by atoms with E-state index < -0.39 is 0 Å². The molecule has 112 valence electrons. The third kappa shape index (κ3) is 3.49. The SMILES string of the molecule is CNC(C)c1c(F)cccc1N(C)CC1CCCOC1. The molecule has 1 saturated heterocycles. The van der Waals surface area contributed by atoms with Crippen molar-refractivity contribution in [2.75, 3.05) is 38.8 Å². The summed E-state index contributed by atoms with van der Waals surface area (Å²) < 4.78 is 19.7. The Balaban J connectivity index is 2.15. The number of nitrogens with one attached hydrogen (secondary N) is 1. The van der Waals surface area contributed by atoms with E-state index in [1.54, 1.807) is 6.07 Å². The highest BCUT2D eigenvalue weighted by Gasteiger charge is 2.20. The largest absolute Gasteiger partial charge is 0.381 e. The number of hydrogen-bond donors (Lipinski definition) is 1. The van der Waals surface area contributed by atoms with Crippen LogP contribution in [0.3, 0.4) is 0 Å². The average Bonchev–Trinajstić information content (AvgIpc) is 2.47. The molecule has 2 rings (SSSR count). The maximum atomic E-state index is 14.1. The van der Waals surface area contributed by atoms with Crippen LogP contribution in [0.4, 0.5) is 10.1 Å². The monoisotopic (exact) mass is 280 g/mol. The third-order valence-corrected chi connectivity index (χ3v) is 4.09. The van der Waals surface area contributed by atoms with Crippen molar-refractivity contribution in [2.45, 2.75) is 25.8 Å². The molecule has 2 atom stereocenters. The first-order chi connectivity index (χ1) is 9.63. The first-order valence-electron chi connectivity index (χ1n) is 7.38. The van der Waals surface area contributed by atoms with E-state index in [4.69, 9.17) is 4.74 Å². The van der Waals surface area contributed by atoms with Gasteiger partial charge in [0.05, 0.1) is 6.61 Å². The zero-order valence-electron chi connectivity index (χ0n) is 12.7. The van der Waals surface area contributed by atoms with E-state index in [-0.39, 0.29) is 11.9 Å². The van der Waals surface area contributed by atoms with Crippen molar-refractivity contribution in [3.05, 3.63) is 29.6 Å². The Hall–Kier alpha value is -1.13. The minimum absolute atomic E-state index is 0.00347. The van der Waals surface area contributed by atoms with Crippen LogP contribution in [0.2, 0.25) is 0 Å². The quantitative estimate of drug-likeness (QED) is 0.897. The summed E-state index contributed by atoms with van der Waals surface area (Å²) in [7, 11) is 3.89. The van der Waals surface area contributed by atoms with Crippen LogP contribution in [-0.4, -0.2) is 33.9 Å². The first kappa shape index (κ1) is 15.3. The smallest absolute Gasteiger partial charge is 0.130 e. The van der Waals surface area contributed by atoms with Gasteiger partial charge in [-0.25, -0.2) is 4.39 Å². The summed E-state index contributed by atoms with van der Waals surface area (Å²) in [5.41, 5.74) is 1.71. The second-order valence-electron chi connectivity index (χ2n) is 5.65. The number of benzene rings is 1. The molecule has 2 unspecified atom stereocenters. The lowest BCUT2D eigenvalue weighted by molar-refractivity contribution is 0.0576. The first-order valence-corrected chi connectivity index (χ1v) is 7.38. The fraction of sp³-hybridized carbons (Fsp3) is 0.625. The number of rotatable bonds is 5. The highest BCUT2D eigenvalue weighted by molar-refractivity contribution is 5.55. The van der Waals surface area contributed by atoms with Crippen LogP contribution in [0, 0.1) is 11.7 Å². The molecule has 4 heteroatoms. The molecule has 0 spiro atoms. The van der Waals surface area contributed by atoms with Gasteiger partial charge >= 0.3 is 0 Å². The van der Waals surface area contributed by atoms with E-state index in [0.29, 0.717) is 5.92 Å². The Morgan fingerprint density at radius 3 is 2.95 bits per heavy atom. The van der Waals surface area contributed by atoms with Crippen LogP contribution in [0.25, 0.3) is 0 Å². The molecule has 0 aromatic heterocycles. The highest BCUT2D eigenvalue weighted by Crippen LogP contribution is 2.29. The number of ether oxygens (including phenoxy) is 1. The van der Waals surface area contributed by atoms with Gasteiger partial charge in [0.15, 0.2) is 0 Å². The molecule has 0 bridgehead atoms.